The first kappa shape index (κ1) is 13.8. The number of nitrogens with two attached hydrogens (primary N) is 1. The van der Waals surface area contributed by atoms with Crippen molar-refractivity contribution in [3.63, 3.8) is 0 Å². The Labute approximate surface area is 133 Å². The van der Waals surface area contributed by atoms with Gasteiger partial charge in [-0.15, -0.1) is 0 Å². The van der Waals surface area contributed by atoms with Crippen LogP contribution in [0.4, 0.5) is 0 Å². The summed E-state index contributed by atoms with van der Waals surface area (Å²) in [6.07, 6.45) is 3.47. The Morgan fingerprint density at radius 2 is 1.78 bits per heavy atom. The minimum atomic E-state index is -0.300. The largest absolute Gasteiger partial charge is 0.496 e. The molecule has 0 spiro atoms. The Balaban J connectivity index is 1.94. The molecule has 114 valence electrons. The van der Waals surface area contributed by atoms with E-state index in [0.29, 0.717) is 0 Å². The third-order valence-corrected chi connectivity index (χ3v) is 4.13. The maximum Gasteiger partial charge on any atom is 0.136 e. The second kappa shape index (κ2) is 5.41. The molecular formula is C19H16N2O2. The topological polar surface area (TPSA) is 61.3 Å². The number of furan rings is 1. The van der Waals surface area contributed by atoms with Crippen molar-refractivity contribution < 1.29 is 9.15 Å². The molecule has 4 rings (SSSR count). The van der Waals surface area contributed by atoms with Crippen molar-refractivity contribution >= 4 is 21.9 Å². The molecule has 0 bridgehead atoms. The molecule has 0 amide bonds. The number of aromatic nitrogens is 1. The van der Waals surface area contributed by atoms with Gasteiger partial charge in [-0.05, 0) is 35.9 Å². The first-order chi connectivity index (χ1) is 11.3. The molecule has 2 heterocycles. The second-order valence-corrected chi connectivity index (χ2v) is 5.45. The van der Waals surface area contributed by atoms with Gasteiger partial charge in [0, 0.05) is 28.7 Å². The fraction of sp³-hybridized carbons (Fsp3) is 0.105. The summed E-state index contributed by atoms with van der Waals surface area (Å²) in [5.41, 5.74) is 9.97. The Hall–Kier alpha value is -2.85. The number of ether oxygens (including phenoxy) is 1. The summed E-state index contributed by atoms with van der Waals surface area (Å²) in [6, 6.07) is 15.5. The van der Waals surface area contributed by atoms with Crippen LogP contribution in [0.15, 0.2) is 65.3 Å². The van der Waals surface area contributed by atoms with Crippen LogP contribution in [0.5, 0.6) is 5.75 Å². The van der Waals surface area contributed by atoms with Gasteiger partial charge in [-0.3, -0.25) is 4.98 Å². The molecule has 23 heavy (non-hydrogen) atoms. The van der Waals surface area contributed by atoms with Crippen molar-refractivity contribution in [1.82, 2.24) is 4.98 Å². The zero-order valence-corrected chi connectivity index (χ0v) is 12.7. The number of hydrogen-bond donors (Lipinski definition) is 1. The maximum absolute atomic E-state index is 6.43. The quantitative estimate of drug-likeness (QED) is 0.620. The van der Waals surface area contributed by atoms with Crippen LogP contribution >= 0.6 is 0 Å². The number of para-hydroxylation sites is 1. The van der Waals surface area contributed by atoms with Gasteiger partial charge >= 0.3 is 0 Å². The molecule has 0 fully saturated rings. The van der Waals surface area contributed by atoms with E-state index in [-0.39, 0.29) is 6.04 Å². The average Bonchev–Trinajstić information content (AvgIpc) is 2.98. The van der Waals surface area contributed by atoms with E-state index >= 15 is 0 Å². The number of hydrogen-bond acceptors (Lipinski definition) is 4. The molecule has 0 aliphatic carbocycles. The Kier molecular flexibility index (Phi) is 3.24. The van der Waals surface area contributed by atoms with E-state index in [1.54, 1.807) is 19.5 Å². The molecule has 0 saturated heterocycles. The lowest BCUT2D eigenvalue weighted by Crippen LogP contribution is -2.13. The lowest BCUT2D eigenvalue weighted by atomic mass is 9.98. The standard InChI is InChI=1S/C19H16N2O2/c1-22-17-10-14-13-4-2-3-5-16(13)23-18(14)11-15(17)19(20)12-6-8-21-9-7-12/h2-11,19H,20H2,1H3. The van der Waals surface area contributed by atoms with Gasteiger partial charge in [-0.25, -0.2) is 0 Å². The van der Waals surface area contributed by atoms with Crippen LogP contribution < -0.4 is 10.5 Å². The number of methoxy groups -OCH3 is 1. The summed E-state index contributed by atoms with van der Waals surface area (Å²) in [5, 5.41) is 2.10. The summed E-state index contributed by atoms with van der Waals surface area (Å²) in [5.74, 6) is 0.758. The first-order valence-electron chi connectivity index (χ1n) is 7.42. The monoisotopic (exact) mass is 304 g/mol. The molecule has 1 unspecified atom stereocenters. The highest BCUT2D eigenvalue weighted by Crippen LogP contribution is 2.37. The Bertz CT molecular complexity index is 977. The van der Waals surface area contributed by atoms with E-state index in [1.165, 1.54) is 0 Å². The van der Waals surface area contributed by atoms with E-state index < -0.39 is 0 Å². The van der Waals surface area contributed by atoms with Gasteiger partial charge in [0.15, 0.2) is 0 Å². The summed E-state index contributed by atoms with van der Waals surface area (Å²) in [6.45, 7) is 0. The third kappa shape index (κ3) is 2.24. The summed E-state index contributed by atoms with van der Waals surface area (Å²) in [4.78, 5) is 4.04. The van der Waals surface area contributed by atoms with E-state index in [0.717, 1.165) is 38.8 Å². The normalized spacial score (nSPS) is 12.6. The average molecular weight is 304 g/mol. The van der Waals surface area contributed by atoms with Crippen molar-refractivity contribution in [3.05, 3.63) is 72.1 Å². The molecule has 0 radical (unpaired) electrons. The smallest absolute Gasteiger partial charge is 0.136 e. The predicted octanol–water partition coefficient (Wildman–Crippen LogP) is 4.04. The van der Waals surface area contributed by atoms with Gasteiger partial charge in [0.25, 0.3) is 0 Å². The minimum Gasteiger partial charge on any atom is -0.496 e. The Morgan fingerprint density at radius 3 is 2.57 bits per heavy atom. The fourth-order valence-electron chi connectivity index (χ4n) is 2.94. The van der Waals surface area contributed by atoms with Crippen LogP contribution in [0.3, 0.4) is 0 Å². The maximum atomic E-state index is 6.43. The number of benzene rings is 2. The molecule has 2 aromatic heterocycles. The lowest BCUT2D eigenvalue weighted by molar-refractivity contribution is 0.408. The summed E-state index contributed by atoms with van der Waals surface area (Å²) >= 11 is 0. The number of pyridine rings is 1. The van der Waals surface area contributed by atoms with Crippen molar-refractivity contribution in [2.75, 3.05) is 7.11 Å². The van der Waals surface area contributed by atoms with Gasteiger partial charge in [-0.1, -0.05) is 18.2 Å². The highest BCUT2D eigenvalue weighted by molar-refractivity contribution is 6.05. The number of nitrogens with zero attached hydrogens (tertiary/aromatic N) is 1. The van der Waals surface area contributed by atoms with E-state index in [9.17, 15) is 0 Å². The van der Waals surface area contributed by atoms with Gasteiger partial charge in [-0.2, -0.15) is 0 Å². The van der Waals surface area contributed by atoms with Gasteiger partial charge in [0.1, 0.15) is 16.9 Å². The molecule has 0 saturated carbocycles. The second-order valence-electron chi connectivity index (χ2n) is 5.45. The van der Waals surface area contributed by atoms with Crippen LogP contribution in [0.1, 0.15) is 17.2 Å². The molecule has 0 aliphatic rings. The van der Waals surface area contributed by atoms with Crippen molar-refractivity contribution in [1.29, 1.82) is 0 Å². The SMILES string of the molecule is COc1cc2c(cc1C(N)c1ccncc1)oc1ccccc12. The van der Waals surface area contributed by atoms with Crippen molar-refractivity contribution in [2.24, 2.45) is 5.73 Å². The number of fused-ring (bicyclic) bond motifs is 3. The fourth-order valence-corrected chi connectivity index (χ4v) is 2.94. The highest BCUT2D eigenvalue weighted by Gasteiger charge is 2.18. The number of rotatable bonds is 3. The zero-order chi connectivity index (χ0) is 15.8. The summed E-state index contributed by atoms with van der Waals surface area (Å²) in [7, 11) is 1.66. The molecule has 0 aliphatic heterocycles. The van der Waals surface area contributed by atoms with Crippen molar-refractivity contribution in [3.8, 4) is 5.75 Å². The van der Waals surface area contributed by atoms with Crippen LogP contribution in [0.25, 0.3) is 21.9 Å². The molecule has 2 aromatic carbocycles. The zero-order valence-electron chi connectivity index (χ0n) is 12.7. The van der Waals surface area contributed by atoms with Crippen LogP contribution in [-0.2, 0) is 0 Å². The van der Waals surface area contributed by atoms with Crippen LogP contribution in [-0.4, -0.2) is 12.1 Å². The molecule has 4 nitrogen and oxygen atoms in total. The van der Waals surface area contributed by atoms with E-state index in [1.807, 2.05) is 48.5 Å². The molecule has 2 N–H and O–H groups in total. The van der Waals surface area contributed by atoms with Crippen LogP contribution in [0, 0.1) is 0 Å². The Morgan fingerprint density at radius 1 is 1.00 bits per heavy atom. The molecule has 1 atom stereocenters. The van der Waals surface area contributed by atoms with E-state index in [2.05, 4.69) is 4.98 Å². The molecular weight excluding hydrogens is 288 g/mol. The highest BCUT2D eigenvalue weighted by atomic mass is 16.5. The van der Waals surface area contributed by atoms with E-state index in [4.69, 9.17) is 14.9 Å². The predicted molar refractivity (Wildman–Crippen MR) is 90.5 cm³/mol. The summed E-state index contributed by atoms with van der Waals surface area (Å²) < 4.78 is 11.5. The minimum absolute atomic E-state index is 0.300. The van der Waals surface area contributed by atoms with Gasteiger partial charge < -0.3 is 14.9 Å². The third-order valence-electron chi connectivity index (χ3n) is 4.13. The van der Waals surface area contributed by atoms with Crippen LogP contribution in [0.2, 0.25) is 0 Å². The van der Waals surface area contributed by atoms with Gasteiger partial charge in [0.2, 0.25) is 0 Å². The van der Waals surface area contributed by atoms with Gasteiger partial charge in [0.05, 0.1) is 13.2 Å². The molecule has 4 aromatic rings. The van der Waals surface area contributed by atoms with Crippen molar-refractivity contribution in [2.45, 2.75) is 6.04 Å². The lowest BCUT2D eigenvalue weighted by Gasteiger charge is -2.16. The first-order valence-corrected chi connectivity index (χ1v) is 7.42. The molecule has 4 heteroatoms.